The highest BCUT2D eigenvalue weighted by atomic mass is 15.5. The molecule has 0 aliphatic rings. The van der Waals surface area contributed by atoms with Gasteiger partial charge in [0.2, 0.25) is 0 Å². The van der Waals surface area contributed by atoms with Crippen LogP contribution in [-0.2, 0) is 13.5 Å². The third-order valence-corrected chi connectivity index (χ3v) is 1.51. The lowest BCUT2D eigenvalue weighted by molar-refractivity contribution is 0.808. The van der Waals surface area contributed by atoms with Gasteiger partial charge in [0.1, 0.15) is 5.82 Å². The first-order valence-corrected chi connectivity index (χ1v) is 3.97. The zero-order chi connectivity index (χ0) is 9.52. The van der Waals surface area contributed by atoms with E-state index in [9.17, 15) is 0 Å². The lowest BCUT2D eigenvalue weighted by Gasteiger charge is -1.92. The molecule has 0 amide bonds. The fourth-order valence-electron chi connectivity index (χ4n) is 0.866. The summed E-state index contributed by atoms with van der Waals surface area (Å²) in [5, 5.41) is 12.2. The van der Waals surface area contributed by atoms with Gasteiger partial charge in [-0.25, -0.2) is 4.98 Å². The van der Waals surface area contributed by atoms with Crippen molar-refractivity contribution in [3.8, 4) is 0 Å². The molecule has 2 aromatic heterocycles. The van der Waals surface area contributed by atoms with E-state index in [-0.39, 0.29) is 0 Å². The molecule has 0 aliphatic carbocycles. The second-order valence-electron chi connectivity index (χ2n) is 2.37. The molecule has 0 unspecified atom stereocenters. The molecule has 0 bridgehead atoms. The summed E-state index contributed by atoms with van der Waals surface area (Å²) in [6, 6.07) is 0. The summed E-state index contributed by atoms with van der Waals surface area (Å²) >= 11 is 0. The van der Waals surface area contributed by atoms with E-state index in [4.69, 9.17) is 0 Å². The van der Waals surface area contributed by atoms with E-state index >= 15 is 0 Å². The third kappa shape index (κ3) is 3.02. The minimum Gasteiger partial charge on any atom is -0.338 e. The third-order valence-electron chi connectivity index (χ3n) is 1.51. The Balaban J connectivity index is 0.000000145. The van der Waals surface area contributed by atoms with Crippen molar-refractivity contribution in [3.05, 3.63) is 24.5 Å². The van der Waals surface area contributed by atoms with Gasteiger partial charge in [-0.1, -0.05) is 12.1 Å². The molecule has 1 N–H and O–H groups in total. The monoisotopic (exact) mass is 180 g/mol. The molecule has 2 heterocycles. The van der Waals surface area contributed by atoms with Crippen LogP contribution in [-0.4, -0.2) is 30.2 Å². The van der Waals surface area contributed by atoms with Crippen LogP contribution in [0.2, 0.25) is 0 Å². The van der Waals surface area contributed by atoms with Gasteiger partial charge >= 0.3 is 0 Å². The number of tetrazole rings is 1. The molecule has 0 aliphatic heterocycles. The van der Waals surface area contributed by atoms with Crippen LogP contribution in [0.4, 0.5) is 0 Å². The average Bonchev–Trinajstić information content (AvgIpc) is 2.76. The maximum Gasteiger partial charge on any atom is 0.161 e. The number of imidazole rings is 1. The Morgan fingerprint density at radius 2 is 2.38 bits per heavy atom. The standard InChI is InChI=1S/C6H10N2.CH2N4/c1-3-6-7-4-5-8(6)2;1-2-4-5-3-1/h4-5H,3H2,1-2H3;1H,(H,2,3,4,5). The fourth-order valence-corrected chi connectivity index (χ4v) is 0.866. The molecule has 6 nitrogen and oxygen atoms in total. The van der Waals surface area contributed by atoms with Gasteiger partial charge in [-0.2, -0.15) is 5.21 Å². The molecular formula is C7H12N6. The van der Waals surface area contributed by atoms with Gasteiger partial charge < -0.3 is 4.57 Å². The topological polar surface area (TPSA) is 72.3 Å². The largest absolute Gasteiger partial charge is 0.338 e. The van der Waals surface area contributed by atoms with E-state index < -0.39 is 0 Å². The van der Waals surface area contributed by atoms with Gasteiger partial charge in [0.15, 0.2) is 6.33 Å². The molecule has 0 saturated carbocycles. The van der Waals surface area contributed by atoms with E-state index in [0.717, 1.165) is 12.2 Å². The van der Waals surface area contributed by atoms with E-state index in [1.54, 1.807) is 0 Å². The van der Waals surface area contributed by atoms with E-state index in [2.05, 4.69) is 32.5 Å². The molecule has 0 atom stereocenters. The number of hydrogen-bond donors (Lipinski definition) is 1. The lowest BCUT2D eigenvalue weighted by Crippen LogP contribution is -1.92. The quantitative estimate of drug-likeness (QED) is 0.679. The summed E-state index contributed by atoms with van der Waals surface area (Å²) < 4.78 is 2.03. The number of nitrogens with one attached hydrogen (secondary N) is 1. The molecule has 70 valence electrons. The van der Waals surface area contributed by atoms with Crippen LogP contribution in [0.15, 0.2) is 18.7 Å². The van der Waals surface area contributed by atoms with Crippen LogP contribution in [0.1, 0.15) is 12.7 Å². The van der Waals surface area contributed by atoms with Crippen molar-refractivity contribution >= 4 is 0 Å². The van der Waals surface area contributed by atoms with Gasteiger partial charge in [0.05, 0.1) is 0 Å². The smallest absolute Gasteiger partial charge is 0.161 e. The number of H-pyrrole nitrogens is 1. The first kappa shape index (κ1) is 9.37. The first-order valence-electron chi connectivity index (χ1n) is 3.97. The molecule has 0 radical (unpaired) electrons. The van der Waals surface area contributed by atoms with Crippen molar-refractivity contribution in [1.29, 1.82) is 0 Å². The summed E-state index contributed by atoms with van der Waals surface area (Å²) in [4.78, 5) is 4.10. The van der Waals surface area contributed by atoms with Crippen molar-refractivity contribution in [2.24, 2.45) is 7.05 Å². The van der Waals surface area contributed by atoms with Gasteiger partial charge in [-0.3, -0.25) is 0 Å². The van der Waals surface area contributed by atoms with Gasteiger partial charge in [-0.15, -0.1) is 10.2 Å². The van der Waals surface area contributed by atoms with Gasteiger partial charge in [0, 0.05) is 25.9 Å². The summed E-state index contributed by atoms with van der Waals surface area (Å²) in [7, 11) is 2.01. The normalized spacial score (nSPS) is 9.08. The first-order chi connectivity index (χ1) is 6.34. The van der Waals surface area contributed by atoms with Crippen LogP contribution >= 0.6 is 0 Å². The number of hydrogen-bond acceptors (Lipinski definition) is 4. The van der Waals surface area contributed by atoms with Crippen molar-refractivity contribution in [3.63, 3.8) is 0 Å². The van der Waals surface area contributed by atoms with Gasteiger partial charge in [-0.05, 0) is 0 Å². The van der Waals surface area contributed by atoms with Crippen molar-refractivity contribution in [1.82, 2.24) is 30.2 Å². The highest BCUT2D eigenvalue weighted by molar-refractivity contribution is 4.89. The number of aromatic nitrogens is 6. The highest BCUT2D eigenvalue weighted by Crippen LogP contribution is 1.92. The number of rotatable bonds is 1. The predicted molar refractivity (Wildman–Crippen MR) is 46.8 cm³/mol. The Kier molecular flexibility index (Phi) is 3.62. The molecule has 6 heteroatoms. The van der Waals surface area contributed by atoms with Crippen LogP contribution in [0.5, 0.6) is 0 Å². The molecule has 13 heavy (non-hydrogen) atoms. The van der Waals surface area contributed by atoms with Crippen LogP contribution in [0.25, 0.3) is 0 Å². The minimum atomic E-state index is 1.02. The molecule has 2 aromatic rings. The SMILES string of the molecule is CCc1nccn1C.c1nn[nH]n1. The second kappa shape index (κ2) is 5.02. The maximum absolute atomic E-state index is 4.10. The van der Waals surface area contributed by atoms with Crippen molar-refractivity contribution < 1.29 is 0 Å². The number of nitrogens with zero attached hydrogens (tertiary/aromatic N) is 5. The molecule has 0 fully saturated rings. The summed E-state index contributed by atoms with van der Waals surface area (Å²) in [6.07, 6.45) is 6.13. The summed E-state index contributed by atoms with van der Waals surface area (Å²) in [5.74, 6) is 1.14. The van der Waals surface area contributed by atoms with E-state index in [1.165, 1.54) is 6.33 Å². The average molecular weight is 180 g/mol. The van der Waals surface area contributed by atoms with E-state index in [1.807, 2.05) is 24.0 Å². The summed E-state index contributed by atoms with van der Waals surface area (Å²) in [5.41, 5.74) is 0. The van der Waals surface area contributed by atoms with Crippen LogP contribution < -0.4 is 0 Å². The van der Waals surface area contributed by atoms with Crippen LogP contribution in [0.3, 0.4) is 0 Å². The highest BCUT2D eigenvalue weighted by Gasteiger charge is 1.90. The maximum atomic E-state index is 4.10. The predicted octanol–water partition coefficient (Wildman–Crippen LogP) is 0.182. The summed E-state index contributed by atoms with van der Waals surface area (Å²) in [6.45, 7) is 2.10. The Morgan fingerprint density at radius 1 is 1.54 bits per heavy atom. The molecule has 0 aromatic carbocycles. The Labute approximate surface area is 76.0 Å². The second-order valence-corrected chi connectivity index (χ2v) is 2.37. The molecule has 0 spiro atoms. The van der Waals surface area contributed by atoms with Crippen LogP contribution in [0, 0.1) is 0 Å². The Morgan fingerprint density at radius 3 is 2.62 bits per heavy atom. The molecule has 2 rings (SSSR count). The fraction of sp³-hybridized carbons (Fsp3) is 0.429. The molecular weight excluding hydrogens is 168 g/mol. The zero-order valence-electron chi connectivity index (χ0n) is 7.68. The Bertz CT molecular complexity index is 294. The lowest BCUT2D eigenvalue weighted by atomic mass is 10.5. The minimum absolute atomic E-state index is 1.02. The van der Waals surface area contributed by atoms with Crippen molar-refractivity contribution in [2.75, 3.05) is 0 Å². The number of aromatic amines is 1. The van der Waals surface area contributed by atoms with Crippen molar-refractivity contribution in [2.45, 2.75) is 13.3 Å². The molecule has 0 saturated heterocycles. The number of aryl methyl sites for hydroxylation is 2. The van der Waals surface area contributed by atoms with Gasteiger partial charge in [0.25, 0.3) is 0 Å². The Hall–Kier alpha value is -1.72. The zero-order valence-corrected chi connectivity index (χ0v) is 7.68. The van der Waals surface area contributed by atoms with E-state index in [0.29, 0.717) is 0 Å².